The first-order valence-electron chi connectivity index (χ1n) is 6.22. The molecule has 0 spiro atoms. The highest BCUT2D eigenvalue weighted by atomic mass is 32.2. The van der Waals surface area contributed by atoms with Gasteiger partial charge in [0.1, 0.15) is 9.77 Å². The molecule has 0 radical (unpaired) electrons. The maximum Gasteiger partial charge on any atom is 0.349 e. The van der Waals surface area contributed by atoms with Crippen LogP contribution < -0.4 is 0 Å². The first-order valence-corrected chi connectivity index (χ1v) is 9.70. The molecule has 0 unspecified atom stereocenters. The molecule has 0 saturated carbocycles. The third-order valence-corrected chi connectivity index (χ3v) is 7.41. The molecule has 0 bridgehead atoms. The van der Waals surface area contributed by atoms with Crippen LogP contribution in [0, 0.1) is 6.92 Å². The lowest BCUT2D eigenvalue weighted by molar-refractivity contribution is 0.0602. The molecule has 1 aromatic heterocycles. The van der Waals surface area contributed by atoms with Gasteiger partial charge in [0.25, 0.3) is 0 Å². The number of nitrogens with zero attached hydrogens (tertiary/aromatic N) is 1. The predicted octanol–water partition coefficient (Wildman–Crippen LogP) is 1.97. The second-order valence-electron chi connectivity index (χ2n) is 4.44. The monoisotopic (exact) mass is 335 g/mol. The number of thiophene rings is 1. The minimum atomic E-state index is -3.63. The van der Waals surface area contributed by atoms with E-state index in [-0.39, 0.29) is 9.77 Å². The molecule has 112 valence electrons. The van der Waals surface area contributed by atoms with Crippen molar-refractivity contribution in [3.8, 4) is 0 Å². The fourth-order valence-electron chi connectivity index (χ4n) is 2.08. The van der Waals surface area contributed by atoms with Crippen LogP contribution >= 0.6 is 23.1 Å². The molecule has 20 heavy (non-hydrogen) atoms. The summed E-state index contributed by atoms with van der Waals surface area (Å²) in [5.74, 6) is 1.17. The zero-order valence-electron chi connectivity index (χ0n) is 11.4. The number of esters is 1. The first-order chi connectivity index (χ1) is 9.48. The predicted molar refractivity (Wildman–Crippen MR) is 81.1 cm³/mol. The number of methoxy groups -OCH3 is 1. The Morgan fingerprint density at radius 3 is 2.80 bits per heavy atom. The van der Waals surface area contributed by atoms with Crippen LogP contribution in [-0.2, 0) is 14.8 Å². The fourth-order valence-corrected chi connectivity index (χ4v) is 6.22. The second-order valence-corrected chi connectivity index (χ2v) is 8.42. The molecule has 1 saturated heterocycles. The summed E-state index contributed by atoms with van der Waals surface area (Å²) >= 11 is 2.88. The van der Waals surface area contributed by atoms with Crippen LogP contribution in [0.5, 0.6) is 0 Å². The Kier molecular flexibility index (Phi) is 5.11. The summed E-state index contributed by atoms with van der Waals surface area (Å²) in [5.41, 5.74) is 0.604. The van der Waals surface area contributed by atoms with Crippen molar-refractivity contribution in [2.75, 3.05) is 31.7 Å². The molecule has 0 N–H and O–H groups in total. The number of rotatable bonds is 3. The molecule has 1 aromatic rings. The summed E-state index contributed by atoms with van der Waals surface area (Å²) in [6, 6.07) is 0. The van der Waals surface area contributed by atoms with Crippen LogP contribution in [0.1, 0.15) is 21.7 Å². The van der Waals surface area contributed by atoms with Crippen molar-refractivity contribution in [1.29, 1.82) is 0 Å². The first kappa shape index (κ1) is 15.8. The zero-order valence-corrected chi connectivity index (χ0v) is 13.9. The van der Waals surface area contributed by atoms with E-state index in [1.54, 1.807) is 24.1 Å². The number of sulfonamides is 1. The minimum Gasteiger partial charge on any atom is -0.465 e. The van der Waals surface area contributed by atoms with Crippen molar-refractivity contribution in [2.24, 2.45) is 0 Å². The smallest absolute Gasteiger partial charge is 0.349 e. The fraction of sp³-hybridized carbons (Fsp3) is 0.583. The average molecular weight is 335 g/mol. The van der Waals surface area contributed by atoms with Gasteiger partial charge in [0.2, 0.25) is 10.0 Å². The highest BCUT2D eigenvalue weighted by Crippen LogP contribution is 2.31. The Labute approximate surface area is 127 Å². The Balaban J connectivity index is 2.43. The van der Waals surface area contributed by atoms with Gasteiger partial charge in [-0.05, 0) is 30.0 Å². The van der Waals surface area contributed by atoms with Gasteiger partial charge in [-0.25, -0.2) is 13.2 Å². The Bertz CT molecular complexity index is 586. The zero-order chi connectivity index (χ0) is 14.8. The number of aryl methyl sites for hydroxylation is 1. The van der Waals surface area contributed by atoms with E-state index < -0.39 is 16.0 Å². The summed E-state index contributed by atoms with van der Waals surface area (Å²) < 4.78 is 31.7. The topological polar surface area (TPSA) is 63.7 Å². The van der Waals surface area contributed by atoms with Crippen LogP contribution in [-0.4, -0.2) is 50.4 Å². The van der Waals surface area contributed by atoms with E-state index in [1.165, 1.54) is 11.4 Å². The number of hydrogen-bond donors (Lipinski definition) is 0. The summed E-state index contributed by atoms with van der Waals surface area (Å²) in [6.45, 7) is 2.70. The van der Waals surface area contributed by atoms with Crippen molar-refractivity contribution < 1.29 is 17.9 Å². The number of carbonyl (C=O) groups is 1. The Morgan fingerprint density at radius 2 is 2.10 bits per heavy atom. The van der Waals surface area contributed by atoms with Gasteiger partial charge in [-0.2, -0.15) is 16.1 Å². The third-order valence-electron chi connectivity index (χ3n) is 3.07. The lowest BCUT2D eigenvalue weighted by atomic mass is 10.3. The molecule has 0 amide bonds. The Hall–Kier alpha value is -0.570. The Morgan fingerprint density at radius 1 is 1.35 bits per heavy atom. The van der Waals surface area contributed by atoms with E-state index in [1.807, 2.05) is 0 Å². The number of carbonyl (C=O) groups excluding carboxylic acids is 1. The van der Waals surface area contributed by atoms with Crippen molar-refractivity contribution in [1.82, 2.24) is 4.31 Å². The van der Waals surface area contributed by atoms with Gasteiger partial charge < -0.3 is 4.74 Å². The van der Waals surface area contributed by atoms with E-state index >= 15 is 0 Å². The molecule has 5 nitrogen and oxygen atoms in total. The van der Waals surface area contributed by atoms with Crippen molar-refractivity contribution in [3.05, 3.63) is 15.8 Å². The van der Waals surface area contributed by atoms with Crippen molar-refractivity contribution in [2.45, 2.75) is 18.2 Å². The van der Waals surface area contributed by atoms with Gasteiger partial charge in [-0.3, -0.25) is 0 Å². The maximum absolute atomic E-state index is 12.8. The van der Waals surface area contributed by atoms with Gasteiger partial charge in [-0.15, -0.1) is 11.3 Å². The maximum atomic E-state index is 12.8. The van der Waals surface area contributed by atoms with Crippen molar-refractivity contribution >= 4 is 39.1 Å². The van der Waals surface area contributed by atoms with Crippen LogP contribution in [0.2, 0.25) is 0 Å². The number of ether oxygens (including phenoxy) is 1. The second kappa shape index (κ2) is 6.46. The molecule has 1 fully saturated rings. The molecule has 2 rings (SSSR count). The van der Waals surface area contributed by atoms with E-state index in [9.17, 15) is 13.2 Å². The van der Waals surface area contributed by atoms with Crippen LogP contribution in [0.4, 0.5) is 0 Å². The average Bonchev–Trinajstić information content (AvgIpc) is 2.66. The quantitative estimate of drug-likeness (QED) is 0.790. The highest BCUT2D eigenvalue weighted by molar-refractivity contribution is 7.99. The van der Waals surface area contributed by atoms with E-state index in [0.717, 1.165) is 29.3 Å². The van der Waals surface area contributed by atoms with Crippen LogP contribution in [0.25, 0.3) is 0 Å². The SMILES string of the molecule is COC(=O)c1scc(C)c1S(=O)(=O)N1CCCSCC1. The molecule has 0 atom stereocenters. The molecule has 0 aromatic carbocycles. The molecule has 2 heterocycles. The lowest BCUT2D eigenvalue weighted by Gasteiger charge is -2.20. The highest BCUT2D eigenvalue weighted by Gasteiger charge is 2.32. The summed E-state index contributed by atoms with van der Waals surface area (Å²) in [7, 11) is -2.37. The normalized spacial score (nSPS) is 17.7. The molecular formula is C12H17NO4S3. The molecular weight excluding hydrogens is 318 g/mol. The lowest BCUT2D eigenvalue weighted by Crippen LogP contribution is -2.34. The van der Waals surface area contributed by atoms with Crippen molar-refractivity contribution in [3.63, 3.8) is 0 Å². The van der Waals surface area contributed by atoms with E-state index in [2.05, 4.69) is 4.74 Å². The van der Waals surface area contributed by atoms with Gasteiger partial charge in [0.05, 0.1) is 7.11 Å². The van der Waals surface area contributed by atoms with Gasteiger partial charge in [0.15, 0.2) is 0 Å². The van der Waals surface area contributed by atoms with Gasteiger partial charge in [-0.1, -0.05) is 0 Å². The molecule has 1 aliphatic heterocycles. The number of hydrogen-bond acceptors (Lipinski definition) is 6. The summed E-state index contributed by atoms with van der Waals surface area (Å²) in [5, 5.41) is 1.69. The van der Waals surface area contributed by atoms with E-state index in [0.29, 0.717) is 18.7 Å². The standard InChI is InChI=1S/C12H17NO4S3/c1-9-8-19-10(12(14)17-2)11(9)20(15,16)13-4-3-6-18-7-5-13/h8H,3-7H2,1-2H3. The molecule has 1 aliphatic rings. The van der Waals surface area contributed by atoms with Crippen LogP contribution in [0.15, 0.2) is 10.3 Å². The summed E-state index contributed by atoms with van der Waals surface area (Å²) in [6.07, 6.45) is 0.834. The van der Waals surface area contributed by atoms with Gasteiger partial charge >= 0.3 is 5.97 Å². The summed E-state index contributed by atoms with van der Waals surface area (Å²) in [4.78, 5) is 12.0. The largest absolute Gasteiger partial charge is 0.465 e. The van der Waals surface area contributed by atoms with Gasteiger partial charge in [0, 0.05) is 18.8 Å². The minimum absolute atomic E-state index is 0.112. The van der Waals surface area contributed by atoms with Crippen LogP contribution in [0.3, 0.4) is 0 Å². The third kappa shape index (κ3) is 3.03. The number of thioether (sulfide) groups is 1. The molecule has 8 heteroatoms. The van der Waals surface area contributed by atoms with E-state index in [4.69, 9.17) is 0 Å². The molecule has 0 aliphatic carbocycles.